The van der Waals surface area contributed by atoms with E-state index in [1.54, 1.807) is 32.4 Å². The second-order valence-electron chi connectivity index (χ2n) is 3.25. The van der Waals surface area contributed by atoms with Crippen LogP contribution < -0.4 is 15.4 Å². The van der Waals surface area contributed by atoms with E-state index in [9.17, 15) is 4.79 Å². The van der Waals surface area contributed by atoms with E-state index in [2.05, 4.69) is 10.6 Å². The third-order valence-electron chi connectivity index (χ3n) is 2.05. The molecule has 0 spiro atoms. The number of anilines is 1. The van der Waals surface area contributed by atoms with Crippen LogP contribution in [0.5, 0.6) is 5.75 Å². The quantitative estimate of drug-likeness (QED) is 0.829. The Balaban J connectivity index is 2.68. The van der Waals surface area contributed by atoms with Gasteiger partial charge in [-0.3, -0.25) is 4.79 Å². The summed E-state index contributed by atoms with van der Waals surface area (Å²) in [5.41, 5.74) is 0.571. The molecule has 1 amide bonds. The lowest BCUT2D eigenvalue weighted by atomic mass is 10.3. The van der Waals surface area contributed by atoms with E-state index in [1.807, 2.05) is 0 Å². The van der Waals surface area contributed by atoms with Crippen molar-refractivity contribution >= 4 is 23.2 Å². The average molecular weight is 243 g/mol. The molecule has 0 bridgehead atoms. The van der Waals surface area contributed by atoms with Crippen molar-refractivity contribution in [2.24, 2.45) is 0 Å². The highest BCUT2D eigenvalue weighted by Gasteiger charge is 2.06. The van der Waals surface area contributed by atoms with Crippen molar-refractivity contribution in [2.45, 2.75) is 6.42 Å². The molecule has 0 aromatic heterocycles. The van der Waals surface area contributed by atoms with Crippen LogP contribution in [-0.2, 0) is 4.79 Å². The Morgan fingerprint density at radius 3 is 2.88 bits per heavy atom. The van der Waals surface area contributed by atoms with Gasteiger partial charge in [0.25, 0.3) is 0 Å². The van der Waals surface area contributed by atoms with Gasteiger partial charge in [-0.15, -0.1) is 0 Å². The minimum absolute atomic E-state index is 0.0792. The number of carbonyl (C=O) groups excluding carboxylic acids is 1. The molecule has 0 saturated carbocycles. The second kappa shape index (κ2) is 6.35. The van der Waals surface area contributed by atoms with Crippen LogP contribution in [-0.4, -0.2) is 26.6 Å². The molecule has 0 aliphatic carbocycles. The minimum Gasteiger partial charge on any atom is -0.497 e. The van der Waals surface area contributed by atoms with E-state index in [4.69, 9.17) is 16.3 Å². The van der Waals surface area contributed by atoms with Crippen LogP contribution >= 0.6 is 11.6 Å². The van der Waals surface area contributed by atoms with Crippen LogP contribution in [0.2, 0.25) is 5.02 Å². The van der Waals surface area contributed by atoms with E-state index in [-0.39, 0.29) is 5.91 Å². The van der Waals surface area contributed by atoms with Gasteiger partial charge in [0.15, 0.2) is 0 Å². The van der Waals surface area contributed by atoms with Gasteiger partial charge in [-0.1, -0.05) is 11.6 Å². The molecular weight excluding hydrogens is 228 g/mol. The van der Waals surface area contributed by atoms with Gasteiger partial charge in [-0.2, -0.15) is 0 Å². The summed E-state index contributed by atoms with van der Waals surface area (Å²) in [7, 11) is 3.36. The highest BCUT2D eigenvalue weighted by molar-refractivity contribution is 6.33. The molecular formula is C11H15ClN2O2. The van der Waals surface area contributed by atoms with Crippen LogP contribution in [0, 0.1) is 0 Å². The summed E-state index contributed by atoms with van der Waals surface area (Å²) >= 11 is 5.95. The number of rotatable bonds is 5. The fourth-order valence-corrected chi connectivity index (χ4v) is 1.34. The Morgan fingerprint density at radius 1 is 1.50 bits per heavy atom. The molecule has 1 aromatic carbocycles. The predicted molar refractivity (Wildman–Crippen MR) is 65.2 cm³/mol. The Morgan fingerprint density at radius 2 is 2.25 bits per heavy atom. The standard InChI is InChI=1S/C11H15ClN2O2/c1-13-6-5-11(15)14-10-7-8(16-2)3-4-9(10)12/h3-4,7,13H,5-6H2,1-2H3,(H,14,15). The summed E-state index contributed by atoms with van der Waals surface area (Å²) < 4.78 is 5.05. The normalized spacial score (nSPS) is 9.94. The highest BCUT2D eigenvalue weighted by atomic mass is 35.5. The number of carbonyl (C=O) groups is 1. The maximum Gasteiger partial charge on any atom is 0.225 e. The molecule has 5 heteroatoms. The average Bonchev–Trinajstić information content (AvgIpc) is 2.29. The number of nitrogens with one attached hydrogen (secondary N) is 2. The first-order valence-electron chi connectivity index (χ1n) is 4.95. The van der Waals surface area contributed by atoms with E-state index in [1.165, 1.54) is 0 Å². The van der Waals surface area contributed by atoms with Gasteiger partial charge in [0.1, 0.15) is 5.75 Å². The Kier molecular flexibility index (Phi) is 5.08. The Bertz CT molecular complexity index is 369. The fraction of sp³-hybridized carbons (Fsp3) is 0.364. The third-order valence-corrected chi connectivity index (χ3v) is 2.38. The van der Waals surface area contributed by atoms with Gasteiger partial charge in [0.2, 0.25) is 5.91 Å². The second-order valence-corrected chi connectivity index (χ2v) is 3.65. The number of methoxy groups -OCH3 is 1. The van der Waals surface area contributed by atoms with Crippen molar-refractivity contribution in [3.05, 3.63) is 23.2 Å². The molecule has 0 fully saturated rings. The number of hydrogen-bond donors (Lipinski definition) is 2. The van der Waals surface area contributed by atoms with Gasteiger partial charge < -0.3 is 15.4 Å². The third kappa shape index (κ3) is 3.72. The zero-order valence-corrected chi connectivity index (χ0v) is 10.1. The maximum absolute atomic E-state index is 11.5. The van der Waals surface area contributed by atoms with E-state index < -0.39 is 0 Å². The first-order chi connectivity index (χ1) is 7.67. The number of hydrogen-bond acceptors (Lipinski definition) is 3. The lowest BCUT2D eigenvalue weighted by molar-refractivity contribution is -0.116. The van der Waals surface area contributed by atoms with Crippen LogP contribution in [0.3, 0.4) is 0 Å². The van der Waals surface area contributed by atoms with Crippen molar-refractivity contribution < 1.29 is 9.53 Å². The summed E-state index contributed by atoms with van der Waals surface area (Å²) in [5, 5.41) is 6.13. The van der Waals surface area contributed by atoms with Gasteiger partial charge in [-0.05, 0) is 19.2 Å². The minimum atomic E-state index is -0.0792. The lowest BCUT2D eigenvalue weighted by Crippen LogP contribution is -2.18. The smallest absolute Gasteiger partial charge is 0.225 e. The van der Waals surface area contributed by atoms with E-state index in [0.717, 1.165) is 0 Å². The van der Waals surface area contributed by atoms with Crippen LogP contribution in [0.25, 0.3) is 0 Å². The number of ether oxygens (including phenoxy) is 1. The van der Waals surface area contributed by atoms with Crippen molar-refractivity contribution in [1.29, 1.82) is 0 Å². The Labute approximate surface area is 99.9 Å². The van der Waals surface area contributed by atoms with Crippen molar-refractivity contribution in [1.82, 2.24) is 5.32 Å². The number of halogens is 1. The molecule has 1 rings (SSSR count). The summed E-state index contributed by atoms with van der Waals surface area (Å²) in [4.78, 5) is 11.5. The van der Waals surface area contributed by atoms with Gasteiger partial charge in [-0.25, -0.2) is 0 Å². The predicted octanol–water partition coefficient (Wildman–Crippen LogP) is 1.90. The maximum atomic E-state index is 11.5. The number of amides is 1. The molecule has 0 saturated heterocycles. The summed E-state index contributed by atoms with van der Waals surface area (Å²) in [5.74, 6) is 0.581. The highest BCUT2D eigenvalue weighted by Crippen LogP contribution is 2.26. The van der Waals surface area contributed by atoms with Crippen molar-refractivity contribution in [3.63, 3.8) is 0 Å². The largest absolute Gasteiger partial charge is 0.497 e. The molecule has 0 radical (unpaired) electrons. The zero-order valence-electron chi connectivity index (χ0n) is 9.34. The topological polar surface area (TPSA) is 50.4 Å². The zero-order chi connectivity index (χ0) is 12.0. The molecule has 0 aliphatic rings. The van der Waals surface area contributed by atoms with E-state index in [0.29, 0.717) is 29.4 Å². The SMILES string of the molecule is CNCCC(=O)Nc1cc(OC)ccc1Cl. The molecule has 0 unspecified atom stereocenters. The molecule has 1 aromatic rings. The van der Waals surface area contributed by atoms with Crippen LogP contribution in [0.15, 0.2) is 18.2 Å². The molecule has 16 heavy (non-hydrogen) atoms. The summed E-state index contributed by atoms with van der Waals surface area (Å²) in [6.07, 6.45) is 0.407. The summed E-state index contributed by atoms with van der Waals surface area (Å²) in [6.45, 7) is 0.632. The van der Waals surface area contributed by atoms with Gasteiger partial charge in [0, 0.05) is 19.0 Å². The van der Waals surface area contributed by atoms with Gasteiger partial charge >= 0.3 is 0 Å². The van der Waals surface area contributed by atoms with Crippen LogP contribution in [0.4, 0.5) is 5.69 Å². The monoisotopic (exact) mass is 242 g/mol. The number of benzene rings is 1. The Hall–Kier alpha value is -1.26. The van der Waals surface area contributed by atoms with Crippen molar-refractivity contribution in [3.8, 4) is 5.75 Å². The molecule has 0 heterocycles. The molecule has 0 atom stereocenters. The molecule has 4 nitrogen and oxygen atoms in total. The first kappa shape index (κ1) is 12.8. The molecule has 0 aliphatic heterocycles. The van der Waals surface area contributed by atoms with Gasteiger partial charge in [0.05, 0.1) is 17.8 Å². The van der Waals surface area contributed by atoms with E-state index >= 15 is 0 Å². The van der Waals surface area contributed by atoms with Crippen molar-refractivity contribution in [2.75, 3.05) is 26.0 Å². The van der Waals surface area contributed by atoms with Crippen LogP contribution in [0.1, 0.15) is 6.42 Å². The molecule has 2 N–H and O–H groups in total. The lowest BCUT2D eigenvalue weighted by Gasteiger charge is -2.08. The molecule has 88 valence electrons. The summed E-state index contributed by atoms with van der Waals surface area (Å²) in [6, 6.07) is 5.12. The first-order valence-corrected chi connectivity index (χ1v) is 5.33. The fourth-order valence-electron chi connectivity index (χ4n) is 1.18.